The summed E-state index contributed by atoms with van der Waals surface area (Å²) in [5.74, 6) is -3.53. The fraction of sp³-hybridized carbons (Fsp3) is 0.690. The molecule has 4 fully saturated rings. The van der Waals surface area contributed by atoms with Gasteiger partial charge in [0.25, 0.3) is 0 Å². The molecular formula is C29H34O8. The monoisotopic (exact) mass is 510 g/mol. The van der Waals surface area contributed by atoms with Crippen LogP contribution in [0.3, 0.4) is 0 Å². The second-order valence-electron chi connectivity index (χ2n) is 12.6. The summed E-state index contributed by atoms with van der Waals surface area (Å²) in [6, 6.07) is 0. The zero-order valence-corrected chi connectivity index (χ0v) is 21.8. The molecule has 0 amide bonds. The summed E-state index contributed by atoms with van der Waals surface area (Å²) in [7, 11) is 0. The van der Waals surface area contributed by atoms with E-state index in [2.05, 4.69) is 32.1 Å². The molecule has 0 radical (unpaired) electrons. The van der Waals surface area contributed by atoms with Gasteiger partial charge in [0.2, 0.25) is 0 Å². The van der Waals surface area contributed by atoms with E-state index in [4.69, 9.17) is 14.2 Å². The van der Waals surface area contributed by atoms with Gasteiger partial charge in [0, 0.05) is 30.6 Å². The molecule has 9 atom stereocenters. The molecule has 3 saturated carbocycles. The highest BCUT2D eigenvalue weighted by Crippen LogP contribution is 2.80. The summed E-state index contributed by atoms with van der Waals surface area (Å²) >= 11 is 0. The summed E-state index contributed by atoms with van der Waals surface area (Å²) < 4.78 is 16.1. The van der Waals surface area contributed by atoms with Crippen molar-refractivity contribution in [2.45, 2.75) is 72.3 Å². The van der Waals surface area contributed by atoms with Crippen molar-refractivity contribution in [1.82, 2.24) is 0 Å². The molecule has 198 valence electrons. The van der Waals surface area contributed by atoms with E-state index in [0.717, 1.165) is 12.8 Å². The van der Waals surface area contributed by atoms with Crippen molar-refractivity contribution in [2.24, 2.45) is 45.3 Å². The van der Waals surface area contributed by atoms with Gasteiger partial charge in [-0.2, -0.15) is 0 Å². The van der Waals surface area contributed by atoms with Gasteiger partial charge in [0.1, 0.15) is 12.7 Å². The fourth-order valence-corrected chi connectivity index (χ4v) is 9.89. The van der Waals surface area contributed by atoms with Crippen LogP contribution in [0.25, 0.3) is 0 Å². The quantitative estimate of drug-likeness (QED) is 0.245. The summed E-state index contributed by atoms with van der Waals surface area (Å²) in [5, 5.41) is 0. The van der Waals surface area contributed by atoms with Crippen molar-refractivity contribution < 1.29 is 38.2 Å². The van der Waals surface area contributed by atoms with Crippen molar-refractivity contribution >= 4 is 29.7 Å². The van der Waals surface area contributed by atoms with Crippen LogP contribution < -0.4 is 0 Å². The van der Waals surface area contributed by atoms with Crippen LogP contribution in [0, 0.1) is 45.3 Å². The molecule has 2 unspecified atom stereocenters. The first kappa shape index (κ1) is 24.6. The number of carbonyl (C=O) groups excluding carboxylic acids is 5. The number of ketones is 1. The molecule has 1 saturated heterocycles. The highest BCUT2D eigenvalue weighted by Gasteiger charge is 2.80. The minimum Gasteiger partial charge on any atom is -0.463 e. The number of hydrogen-bond acceptors (Lipinski definition) is 8. The van der Waals surface area contributed by atoms with E-state index in [1.54, 1.807) is 0 Å². The van der Waals surface area contributed by atoms with Crippen molar-refractivity contribution in [2.75, 3.05) is 6.61 Å². The van der Waals surface area contributed by atoms with Gasteiger partial charge in [-0.3, -0.25) is 24.0 Å². The molecule has 8 nitrogen and oxygen atoms in total. The number of Topliss-reactive ketones (excluding diaryl/α,β-unsaturated/α-hetero) is 1. The topological polar surface area (TPSA) is 113 Å². The molecule has 0 N–H and O–H groups in total. The van der Waals surface area contributed by atoms with Crippen LogP contribution in [0.2, 0.25) is 0 Å². The number of ether oxygens (including phenoxy) is 3. The van der Waals surface area contributed by atoms with Gasteiger partial charge < -0.3 is 14.2 Å². The zero-order chi connectivity index (χ0) is 26.5. The van der Waals surface area contributed by atoms with Crippen LogP contribution in [-0.2, 0) is 38.2 Å². The normalized spacial score (nSPS) is 46.7. The van der Waals surface area contributed by atoms with Gasteiger partial charge in [0.15, 0.2) is 5.78 Å². The number of hydrogen-bond donors (Lipinski definition) is 0. The van der Waals surface area contributed by atoms with Gasteiger partial charge in [-0.05, 0) is 55.3 Å². The summed E-state index contributed by atoms with van der Waals surface area (Å²) in [4.78, 5) is 63.2. The highest BCUT2D eigenvalue weighted by atomic mass is 16.6. The molecule has 7 rings (SSSR count). The van der Waals surface area contributed by atoms with Crippen LogP contribution >= 0.6 is 0 Å². The smallest absolute Gasteiger partial charge is 0.318 e. The standard InChI is InChI=1S/C29H34O8/c1-15(30)35-14-19(32)18-5-6-20-26(18,3)9-8-21-27(4)10-7-17(36-16(2)31)13-28(27)11-12-29(20,21)23-22(28)24(33)37-25(23)34/h8,11-12,17-18,20,22-23H,5-7,9-10,13-14H2,1-4H3/t17-,18+,20+,22?,23?,26+,27+,28-,29-/m0/s1. The van der Waals surface area contributed by atoms with Crippen molar-refractivity contribution in [3.8, 4) is 0 Å². The highest BCUT2D eigenvalue weighted by molar-refractivity contribution is 5.99. The number of allylic oxidation sites excluding steroid dienone is 4. The second-order valence-corrected chi connectivity index (χ2v) is 12.6. The Balaban J connectivity index is 1.48. The van der Waals surface area contributed by atoms with Gasteiger partial charge >= 0.3 is 23.9 Å². The van der Waals surface area contributed by atoms with Crippen LogP contribution in [-0.4, -0.2) is 42.4 Å². The SMILES string of the molecule is CC(=O)OCC(=O)[C@H]1CC[C@@H]2[C@]1(C)CC=C1[C@]23C=C[C@]2(C[C@@H](OC(C)=O)CC[C@]12C)C1C(=O)OC(=O)C13. The Morgan fingerprint density at radius 1 is 1.00 bits per heavy atom. The molecule has 7 aliphatic rings. The van der Waals surface area contributed by atoms with Gasteiger partial charge in [-0.25, -0.2) is 0 Å². The molecule has 2 bridgehead atoms. The lowest BCUT2D eigenvalue weighted by Crippen LogP contribution is -2.69. The van der Waals surface area contributed by atoms with E-state index in [1.165, 1.54) is 19.4 Å². The summed E-state index contributed by atoms with van der Waals surface area (Å²) in [5.41, 5.74) is -1.03. The molecule has 0 aromatic heterocycles. The van der Waals surface area contributed by atoms with Crippen molar-refractivity contribution in [1.29, 1.82) is 0 Å². The Labute approximate surface area is 216 Å². The van der Waals surface area contributed by atoms with Crippen LogP contribution in [0.15, 0.2) is 23.8 Å². The average Bonchev–Trinajstić information content (AvgIpc) is 3.34. The predicted molar refractivity (Wildman–Crippen MR) is 128 cm³/mol. The Bertz CT molecular complexity index is 1200. The van der Waals surface area contributed by atoms with Crippen LogP contribution in [0.1, 0.15) is 66.2 Å². The van der Waals surface area contributed by atoms with E-state index >= 15 is 0 Å². The molecule has 0 aromatic carbocycles. The molecule has 0 aromatic rings. The minimum atomic E-state index is -0.706. The first-order valence-corrected chi connectivity index (χ1v) is 13.4. The molecule has 8 heteroatoms. The third-order valence-corrected chi connectivity index (χ3v) is 11.2. The minimum absolute atomic E-state index is 0.0326. The summed E-state index contributed by atoms with van der Waals surface area (Å²) in [6.45, 7) is 6.77. The van der Waals surface area contributed by atoms with Crippen LogP contribution in [0.5, 0.6) is 0 Å². The molecule has 1 heterocycles. The Morgan fingerprint density at radius 3 is 2.43 bits per heavy atom. The first-order chi connectivity index (χ1) is 17.4. The lowest BCUT2D eigenvalue weighted by atomic mass is 9.31. The average molecular weight is 511 g/mol. The van der Waals surface area contributed by atoms with Crippen molar-refractivity contribution in [3.05, 3.63) is 23.8 Å². The number of rotatable bonds is 4. The maximum Gasteiger partial charge on any atom is 0.318 e. The second kappa shape index (κ2) is 7.64. The van der Waals surface area contributed by atoms with Crippen LogP contribution in [0.4, 0.5) is 0 Å². The number of cyclic esters (lactones) is 2. The lowest BCUT2D eigenvalue weighted by molar-refractivity contribution is -0.175. The lowest BCUT2D eigenvalue weighted by Gasteiger charge is -2.71. The first-order valence-electron chi connectivity index (χ1n) is 13.4. The van der Waals surface area contributed by atoms with E-state index in [-0.39, 0.29) is 36.3 Å². The van der Waals surface area contributed by atoms with E-state index < -0.39 is 51.4 Å². The summed E-state index contributed by atoms with van der Waals surface area (Å²) in [6.07, 6.45) is 10.2. The van der Waals surface area contributed by atoms with Gasteiger partial charge in [-0.1, -0.05) is 37.6 Å². The van der Waals surface area contributed by atoms with E-state index in [1.807, 2.05) is 0 Å². The molecule has 1 aliphatic heterocycles. The largest absolute Gasteiger partial charge is 0.463 e. The number of carbonyl (C=O) groups is 5. The maximum atomic E-state index is 13.5. The Hall–Kier alpha value is -2.77. The van der Waals surface area contributed by atoms with E-state index in [9.17, 15) is 24.0 Å². The van der Waals surface area contributed by atoms with Gasteiger partial charge in [-0.15, -0.1) is 0 Å². The third kappa shape index (κ3) is 2.87. The molecule has 6 aliphatic carbocycles. The van der Waals surface area contributed by atoms with E-state index in [0.29, 0.717) is 25.7 Å². The van der Waals surface area contributed by atoms with Gasteiger partial charge in [0.05, 0.1) is 11.8 Å². The van der Waals surface area contributed by atoms with Crippen molar-refractivity contribution in [3.63, 3.8) is 0 Å². The molecule has 2 spiro atoms. The maximum absolute atomic E-state index is 13.5. The Kier molecular flexibility index (Phi) is 5.07. The zero-order valence-electron chi connectivity index (χ0n) is 21.8. The Morgan fingerprint density at radius 2 is 1.73 bits per heavy atom. The fourth-order valence-electron chi connectivity index (χ4n) is 9.89. The molecule has 37 heavy (non-hydrogen) atoms. The third-order valence-electron chi connectivity index (χ3n) is 11.2. The number of fused-ring (bicyclic) bond motifs is 1. The molecular weight excluding hydrogens is 476 g/mol. The number of esters is 4. The predicted octanol–water partition coefficient (Wildman–Crippen LogP) is 3.48.